The Morgan fingerprint density at radius 2 is 1.73 bits per heavy atom. The van der Waals surface area contributed by atoms with Crippen LogP contribution in [0.4, 0.5) is 26.4 Å². The molecular weight excluding hydrogens is 421 g/mol. The number of halogens is 1. The highest BCUT2D eigenvalue weighted by atomic mass is 19.1. The Bertz CT molecular complexity index is 1430. The number of pyridine rings is 2. The number of hydrogen-bond acceptors (Lipinski definition) is 4. The van der Waals surface area contributed by atoms with E-state index in [1.54, 1.807) is 51.5 Å². The van der Waals surface area contributed by atoms with E-state index in [-0.39, 0.29) is 11.2 Å². The maximum Gasteiger partial charge on any atom is 0.323 e. The maximum atomic E-state index is 14.7. The zero-order valence-corrected chi connectivity index (χ0v) is 18.8. The first-order chi connectivity index (χ1) is 15.8. The summed E-state index contributed by atoms with van der Waals surface area (Å²) >= 11 is 0. The number of fused-ring (bicyclic) bond motifs is 1. The minimum atomic E-state index is -0.590. The lowest BCUT2D eigenvalue weighted by Crippen LogP contribution is -2.21. The zero-order valence-electron chi connectivity index (χ0n) is 18.8. The minimum absolute atomic E-state index is 0.0222. The van der Waals surface area contributed by atoms with E-state index in [4.69, 9.17) is 0 Å². The fraction of sp³-hybridized carbons (Fsp3) is 0.160. The molecule has 0 aliphatic carbocycles. The third kappa shape index (κ3) is 4.41. The van der Waals surface area contributed by atoms with Crippen LogP contribution < -0.4 is 21.5 Å². The second-order valence-corrected chi connectivity index (χ2v) is 7.89. The second-order valence-electron chi connectivity index (χ2n) is 7.89. The van der Waals surface area contributed by atoms with Crippen LogP contribution in [0.1, 0.15) is 11.1 Å². The van der Waals surface area contributed by atoms with Gasteiger partial charge in [0, 0.05) is 43.0 Å². The largest absolute Gasteiger partial charge is 0.373 e. The lowest BCUT2D eigenvalue weighted by Gasteiger charge is -2.14. The molecule has 4 rings (SSSR count). The predicted molar refractivity (Wildman–Crippen MR) is 130 cm³/mol. The Balaban J connectivity index is 1.72. The highest BCUT2D eigenvalue weighted by Crippen LogP contribution is 2.29. The molecule has 3 N–H and O–H groups in total. The van der Waals surface area contributed by atoms with E-state index in [1.807, 2.05) is 19.1 Å². The van der Waals surface area contributed by atoms with Crippen molar-refractivity contribution in [3.8, 4) is 11.1 Å². The van der Waals surface area contributed by atoms with Gasteiger partial charge in [0.1, 0.15) is 11.6 Å². The monoisotopic (exact) mass is 445 g/mol. The molecular formula is C25H24FN5O2. The average molecular weight is 445 g/mol. The number of benzene rings is 2. The van der Waals surface area contributed by atoms with Gasteiger partial charge in [0.25, 0.3) is 5.56 Å². The Labute approximate surface area is 190 Å². The number of anilines is 3. The number of nitrogens with one attached hydrogen (secondary N) is 3. The number of aromatic nitrogens is 2. The number of aryl methyl sites for hydroxylation is 3. The summed E-state index contributed by atoms with van der Waals surface area (Å²) < 4.78 is 16.2. The van der Waals surface area contributed by atoms with Crippen LogP contribution in [0.3, 0.4) is 0 Å². The molecule has 168 valence electrons. The number of nitrogens with zero attached hydrogens (tertiary/aromatic N) is 2. The molecule has 0 saturated heterocycles. The van der Waals surface area contributed by atoms with Gasteiger partial charge < -0.3 is 20.5 Å². The Kier molecular flexibility index (Phi) is 5.83. The van der Waals surface area contributed by atoms with E-state index < -0.39 is 11.8 Å². The van der Waals surface area contributed by atoms with Crippen LogP contribution in [0.2, 0.25) is 0 Å². The molecule has 0 saturated carbocycles. The van der Waals surface area contributed by atoms with Gasteiger partial charge in [-0.25, -0.2) is 14.2 Å². The topological polar surface area (TPSA) is 88.1 Å². The Hall–Kier alpha value is -4.20. The lowest BCUT2D eigenvalue weighted by molar-refractivity contribution is 0.262. The molecule has 7 nitrogen and oxygen atoms in total. The van der Waals surface area contributed by atoms with Crippen LogP contribution in [0, 0.1) is 19.7 Å². The van der Waals surface area contributed by atoms with Gasteiger partial charge in [0.05, 0.1) is 11.2 Å². The number of carbonyl (C=O) groups is 1. The highest BCUT2D eigenvalue weighted by molar-refractivity contribution is 6.00. The third-order valence-corrected chi connectivity index (χ3v) is 5.53. The summed E-state index contributed by atoms with van der Waals surface area (Å²) in [6, 6.07) is 13.0. The highest BCUT2D eigenvalue weighted by Gasteiger charge is 2.16. The number of rotatable bonds is 4. The van der Waals surface area contributed by atoms with Crippen molar-refractivity contribution in [3.63, 3.8) is 0 Å². The van der Waals surface area contributed by atoms with Crippen molar-refractivity contribution in [1.29, 1.82) is 0 Å². The number of urea groups is 1. The van der Waals surface area contributed by atoms with Gasteiger partial charge in [-0.1, -0.05) is 17.7 Å². The average Bonchev–Trinajstić information content (AvgIpc) is 2.79. The van der Waals surface area contributed by atoms with E-state index in [0.717, 1.165) is 16.5 Å². The van der Waals surface area contributed by atoms with Crippen molar-refractivity contribution in [3.05, 3.63) is 82.0 Å². The SMILES string of the molecule is CNc1cc2c(cn1)cc(-c1cc(NC(=O)Nc3ccc(C)cc3)c(F)cc1C)c(=O)n2C. The van der Waals surface area contributed by atoms with Crippen molar-refractivity contribution in [1.82, 2.24) is 9.55 Å². The first kappa shape index (κ1) is 22.0. The minimum Gasteiger partial charge on any atom is -0.373 e. The third-order valence-electron chi connectivity index (χ3n) is 5.53. The standard InChI is InChI=1S/C25H24FN5O2/c1-14-5-7-17(8-6-14)29-25(33)30-21-11-18(15(2)9-20(21)26)19-10-16-13-28-23(27-3)12-22(16)31(4)24(19)32/h5-13H,1-4H3,(H,27,28)(H2,29,30,33). The normalized spacial score (nSPS) is 10.8. The Morgan fingerprint density at radius 1 is 1.00 bits per heavy atom. The molecule has 0 bridgehead atoms. The van der Waals surface area contributed by atoms with E-state index >= 15 is 0 Å². The van der Waals surface area contributed by atoms with Crippen molar-refractivity contribution < 1.29 is 9.18 Å². The van der Waals surface area contributed by atoms with Crippen molar-refractivity contribution in [2.75, 3.05) is 23.0 Å². The molecule has 2 aromatic carbocycles. The van der Waals surface area contributed by atoms with Crippen LogP contribution in [0.15, 0.2) is 59.5 Å². The van der Waals surface area contributed by atoms with E-state index in [1.165, 1.54) is 16.7 Å². The molecule has 0 spiro atoms. The first-order valence-corrected chi connectivity index (χ1v) is 10.4. The summed E-state index contributed by atoms with van der Waals surface area (Å²) in [4.78, 5) is 29.9. The number of hydrogen-bond donors (Lipinski definition) is 3. The molecule has 4 aromatic rings. The maximum absolute atomic E-state index is 14.7. The van der Waals surface area contributed by atoms with Crippen LogP contribution in [-0.2, 0) is 7.05 Å². The molecule has 0 aliphatic rings. The molecule has 33 heavy (non-hydrogen) atoms. The lowest BCUT2D eigenvalue weighted by atomic mass is 9.99. The zero-order chi connectivity index (χ0) is 23.7. The van der Waals surface area contributed by atoms with Gasteiger partial charge in [-0.3, -0.25) is 4.79 Å². The molecule has 0 fully saturated rings. The van der Waals surface area contributed by atoms with Crippen LogP contribution in [-0.4, -0.2) is 22.6 Å². The van der Waals surface area contributed by atoms with Crippen molar-refractivity contribution >= 4 is 34.1 Å². The van der Waals surface area contributed by atoms with E-state index in [2.05, 4.69) is 20.9 Å². The van der Waals surface area contributed by atoms with Crippen LogP contribution in [0.5, 0.6) is 0 Å². The molecule has 0 aliphatic heterocycles. The summed E-state index contributed by atoms with van der Waals surface area (Å²) in [6.07, 6.45) is 1.68. The molecule has 0 radical (unpaired) electrons. The number of amides is 2. The summed E-state index contributed by atoms with van der Waals surface area (Å²) in [5.74, 6) is 0.0579. The van der Waals surface area contributed by atoms with E-state index in [0.29, 0.717) is 28.2 Å². The molecule has 2 amide bonds. The number of carbonyl (C=O) groups excluding carboxylic acids is 1. The van der Waals surface area contributed by atoms with Crippen molar-refractivity contribution in [2.45, 2.75) is 13.8 Å². The van der Waals surface area contributed by atoms with Crippen molar-refractivity contribution in [2.24, 2.45) is 7.05 Å². The summed E-state index contributed by atoms with van der Waals surface area (Å²) in [7, 11) is 3.44. The second kappa shape index (κ2) is 8.74. The molecule has 2 aromatic heterocycles. The van der Waals surface area contributed by atoms with Gasteiger partial charge in [-0.15, -0.1) is 0 Å². The summed E-state index contributed by atoms with van der Waals surface area (Å²) in [6.45, 7) is 3.67. The predicted octanol–water partition coefficient (Wildman–Crippen LogP) is 5.04. The van der Waals surface area contributed by atoms with Gasteiger partial charge in [0.2, 0.25) is 0 Å². The fourth-order valence-corrected chi connectivity index (χ4v) is 3.67. The van der Waals surface area contributed by atoms with Crippen LogP contribution >= 0.6 is 0 Å². The van der Waals surface area contributed by atoms with Gasteiger partial charge in [-0.2, -0.15) is 0 Å². The first-order valence-electron chi connectivity index (χ1n) is 10.4. The molecule has 0 atom stereocenters. The quantitative estimate of drug-likeness (QED) is 0.411. The van der Waals surface area contributed by atoms with Gasteiger partial charge in [0.15, 0.2) is 0 Å². The van der Waals surface area contributed by atoms with Gasteiger partial charge in [-0.05, 0) is 55.3 Å². The van der Waals surface area contributed by atoms with Crippen LogP contribution in [0.25, 0.3) is 22.0 Å². The van der Waals surface area contributed by atoms with Gasteiger partial charge >= 0.3 is 6.03 Å². The molecule has 2 heterocycles. The molecule has 0 unspecified atom stereocenters. The fourth-order valence-electron chi connectivity index (χ4n) is 3.67. The summed E-state index contributed by atoms with van der Waals surface area (Å²) in [5, 5.41) is 8.94. The molecule has 8 heteroatoms. The van der Waals surface area contributed by atoms with E-state index in [9.17, 15) is 14.0 Å². The Morgan fingerprint density at radius 3 is 2.42 bits per heavy atom. The smallest absolute Gasteiger partial charge is 0.323 e. The summed E-state index contributed by atoms with van der Waals surface area (Å²) in [5.41, 5.74) is 3.61.